The van der Waals surface area contributed by atoms with Crippen molar-refractivity contribution in [3.05, 3.63) is 0 Å². The number of hydrogen-bond acceptors (Lipinski definition) is 3. The van der Waals surface area contributed by atoms with Gasteiger partial charge in [-0.3, -0.25) is 4.79 Å². The molecule has 1 aliphatic carbocycles. The Bertz CT molecular complexity index is 360. The van der Waals surface area contributed by atoms with E-state index >= 15 is 0 Å². The van der Waals surface area contributed by atoms with Crippen LogP contribution in [0.15, 0.2) is 0 Å². The quantitative estimate of drug-likeness (QED) is 0.805. The first-order chi connectivity index (χ1) is 9.65. The summed E-state index contributed by atoms with van der Waals surface area (Å²) in [5.74, 6) is 0.747. The molecule has 2 heterocycles. The maximum absolute atomic E-state index is 12.5. The molecule has 4 nitrogen and oxygen atoms in total. The Morgan fingerprint density at radius 2 is 2.00 bits per heavy atom. The number of rotatable bonds is 2. The Hall–Kier alpha value is -0.610. The van der Waals surface area contributed by atoms with Gasteiger partial charge in [0.25, 0.3) is 0 Å². The molecular formula is C16H29N3O. The summed E-state index contributed by atoms with van der Waals surface area (Å²) in [5.41, 5.74) is 6.24. The second-order valence-electron chi connectivity index (χ2n) is 7.15. The van der Waals surface area contributed by atoms with Gasteiger partial charge in [0.15, 0.2) is 0 Å². The average Bonchev–Trinajstić information content (AvgIpc) is 2.89. The zero-order chi connectivity index (χ0) is 14.1. The molecule has 3 rings (SSSR count). The number of nitrogens with two attached hydrogens (primary N) is 1. The lowest BCUT2D eigenvalue weighted by molar-refractivity contribution is -0.128. The second kappa shape index (κ2) is 6.02. The smallest absolute Gasteiger partial charge is 0.224 e. The van der Waals surface area contributed by atoms with E-state index in [-0.39, 0.29) is 17.9 Å². The third-order valence-electron chi connectivity index (χ3n) is 5.80. The van der Waals surface area contributed by atoms with Crippen LogP contribution in [-0.4, -0.2) is 42.0 Å². The van der Waals surface area contributed by atoms with E-state index in [4.69, 9.17) is 5.73 Å². The molecule has 114 valence electrons. The van der Waals surface area contributed by atoms with Crippen LogP contribution in [0.4, 0.5) is 0 Å². The number of carbonyl (C=O) groups excluding carboxylic acids is 1. The molecule has 0 spiro atoms. The lowest BCUT2D eigenvalue weighted by atomic mass is 9.77. The Balaban J connectivity index is 1.53. The van der Waals surface area contributed by atoms with Gasteiger partial charge in [0.05, 0.1) is 5.92 Å². The van der Waals surface area contributed by atoms with E-state index in [0.29, 0.717) is 18.0 Å². The van der Waals surface area contributed by atoms with Crippen LogP contribution in [0.1, 0.15) is 51.9 Å². The van der Waals surface area contributed by atoms with Crippen molar-refractivity contribution in [2.24, 2.45) is 17.6 Å². The number of hydrogen-bond donors (Lipinski definition) is 2. The maximum atomic E-state index is 12.5. The van der Waals surface area contributed by atoms with Crippen molar-refractivity contribution in [3.63, 3.8) is 0 Å². The van der Waals surface area contributed by atoms with Crippen molar-refractivity contribution >= 4 is 5.91 Å². The lowest BCUT2D eigenvalue weighted by Gasteiger charge is -2.37. The van der Waals surface area contributed by atoms with Crippen LogP contribution in [0.25, 0.3) is 0 Å². The molecular weight excluding hydrogens is 250 g/mol. The van der Waals surface area contributed by atoms with Crippen LogP contribution in [0, 0.1) is 11.8 Å². The van der Waals surface area contributed by atoms with Crippen molar-refractivity contribution in [1.82, 2.24) is 10.2 Å². The molecule has 3 aliphatic rings. The summed E-state index contributed by atoms with van der Waals surface area (Å²) in [6.45, 7) is 4.60. The molecule has 3 fully saturated rings. The van der Waals surface area contributed by atoms with Crippen LogP contribution in [-0.2, 0) is 4.79 Å². The zero-order valence-corrected chi connectivity index (χ0v) is 12.7. The highest BCUT2D eigenvalue weighted by atomic mass is 16.2. The van der Waals surface area contributed by atoms with Gasteiger partial charge in [-0.05, 0) is 51.0 Å². The summed E-state index contributed by atoms with van der Waals surface area (Å²) in [5, 5.41) is 3.31. The van der Waals surface area contributed by atoms with E-state index in [1.54, 1.807) is 0 Å². The third-order valence-corrected chi connectivity index (χ3v) is 5.80. The number of amides is 1. The standard InChI is InChI=1S/C16H29N3O/c1-11-4-2-6-14(15(11)17)16(20)18-12-7-9-19-8-3-5-13(19)10-12/h11-15H,2-10,17H2,1H3,(H,18,20). The topological polar surface area (TPSA) is 58.4 Å². The zero-order valence-electron chi connectivity index (χ0n) is 12.7. The SMILES string of the molecule is CC1CCCC(C(=O)NC2CCN3CCCC3C2)C1N. The molecule has 0 aromatic rings. The van der Waals surface area contributed by atoms with Gasteiger partial charge in [-0.1, -0.05) is 13.3 Å². The molecule has 20 heavy (non-hydrogen) atoms. The number of nitrogens with zero attached hydrogens (tertiary/aromatic N) is 1. The van der Waals surface area contributed by atoms with E-state index in [0.717, 1.165) is 32.2 Å². The van der Waals surface area contributed by atoms with Gasteiger partial charge in [0.1, 0.15) is 0 Å². The number of piperidine rings is 1. The lowest BCUT2D eigenvalue weighted by Crippen LogP contribution is -2.52. The Morgan fingerprint density at radius 3 is 2.85 bits per heavy atom. The highest BCUT2D eigenvalue weighted by molar-refractivity contribution is 5.79. The molecule has 0 aromatic heterocycles. The molecule has 0 radical (unpaired) electrons. The molecule has 1 saturated carbocycles. The van der Waals surface area contributed by atoms with E-state index in [2.05, 4.69) is 17.1 Å². The highest BCUT2D eigenvalue weighted by Gasteiger charge is 2.36. The molecule has 0 aromatic carbocycles. The fourth-order valence-electron chi connectivity index (χ4n) is 4.41. The first kappa shape index (κ1) is 14.3. The van der Waals surface area contributed by atoms with E-state index in [1.165, 1.54) is 25.8 Å². The minimum Gasteiger partial charge on any atom is -0.353 e. The van der Waals surface area contributed by atoms with Crippen molar-refractivity contribution < 1.29 is 4.79 Å². The van der Waals surface area contributed by atoms with Crippen LogP contribution >= 0.6 is 0 Å². The fourth-order valence-corrected chi connectivity index (χ4v) is 4.41. The van der Waals surface area contributed by atoms with Gasteiger partial charge in [0, 0.05) is 24.7 Å². The predicted molar refractivity (Wildman–Crippen MR) is 80.2 cm³/mol. The molecule has 5 unspecified atom stereocenters. The monoisotopic (exact) mass is 279 g/mol. The van der Waals surface area contributed by atoms with Crippen molar-refractivity contribution in [2.75, 3.05) is 13.1 Å². The van der Waals surface area contributed by atoms with Gasteiger partial charge >= 0.3 is 0 Å². The predicted octanol–water partition coefficient (Wildman–Crippen LogP) is 1.49. The van der Waals surface area contributed by atoms with Crippen molar-refractivity contribution in [1.29, 1.82) is 0 Å². The van der Waals surface area contributed by atoms with Gasteiger partial charge in [-0.2, -0.15) is 0 Å². The Morgan fingerprint density at radius 1 is 1.15 bits per heavy atom. The van der Waals surface area contributed by atoms with Gasteiger partial charge < -0.3 is 16.0 Å². The Labute approximate surface area is 122 Å². The van der Waals surface area contributed by atoms with Gasteiger partial charge in [-0.25, -0.2) is 0 Å². The van der Waals surface area contributed by atoms with Crippen LogP contribution < -0.4 is 11.1 Å². The fraction of sp³-hybridized carbons (Fsp3) is 0.938. The summed E-state index contributed by atoms with van der Waals surface area (Å²) in [4.78, 5) is 15.1. The Kier molecular flexibility index (Phi) is 4.32. The summed E-state index contributed by atoms with van der Waals surface area (Å²) >= 11 is 0. The van der Waals surface area contributed by atoms with E-state index in [9.17, 15) is 4.79 Å². The molecule has 0 bridgehead atoms. The first-order valence-electron chi connectivity index (χ1n) is 8.45. The molecule has 2 saturated heterocycles. The normalized spacial score (nSPS) is 42.2. The van der Waals surface area contributed by atoms with Gasteiger partial charge in [0.2, 0.25) is 5.91 Å². The largest absolute Gasteiger partial charge is 0.353 e. The summed E-state index contributed by atoms with van der Waals surface area (Å²) in [6.07, 6.45) is 8.19. The second-order valence-corrected chi connectivity index (χ2v) is 7.15. The van der Waals surface area contributed by atoms with Crippen LogP contribution in [0.2, 0.25) is 0 Å². The molecule has 5 atom stereocenters. The van der Waals surface area contributed by atoms with Crippen molar-refractivity contribution in [3.8, 4) is 0 Å². The summed E-state index contributed by atoms with van der Waals surface area (Å²) < 4.78 is 0. The van der Waals surface area contributed by atoms with Crippen LogP contribution in [0.3, 0.4) is 0 Å². The number of carbonyl (C=O) groups is 1. The van der Waals surface area contributed by atoms with Crippen molar-refractivity contribution in [2.45, 2.75) is 70.0 Å². The molecule has 2 aliphatic heterocycles. The number of nitrogens with one attached hydrogen (secondary N) is 1. The summed E-state index contributed by atoms with van der Waals surface area (Å²) in [7, 11) is 0. The third kappa shape index (κ3) is 2.86. The highest BCUT2D eigenvalue weighted by Crippen LogP contribution is 2.30. The first-order valence-corrected chi connectivity index (χ1v) is 8.45. The molecule has 1 amide bonds. The van der Waals surface area contributed by atoms with E-state index in [1.807, 2.05) is 0 Å². The molecule has 4 heteroatoms. The molecule has 3 N–H and O–H groups in total. The van der Waals surface area contributed by atoms with Crippen LogP contribution in [0.5, 0.6) is 0 Å². The van der Waals surface area contributed by atoms with E-state index < -0.39 is 0 Å². The minimum absolute atomic E-state index is 0.0420. The summed E-state index contributed by atoms with van der Waals surface area (Å²) in [6, 6.07) is 1.15. The van der Waals surface area contributed by atoms with Gasteiger partial charge in [-0.15, -0.1) is 0 Å². The average molecular weight is 279 g/mol. The maximum Gasteiger partial charge on any atom is 0.224 e. The number of fused-ring (bicyclic) bond motifs is 1. The minimum atomic E-state index is 0.0420.